The average molecular weight is 393 g/mol. The minimum atomic E-state index is -0.474. The molecule has 2 N–H and O–H groups in total. The quantitative estimate of drug-likeness (QED) is 0.630. The summed E-state index contributed by atoms with van der Waals surface area (Å²) in [5, 5.41) is 11.8. The fraction of sp³-hybridized carbons (Fsp3) is 0.182. The number of hydrogen-bond donors (Lipinski definition) is 1. The summed E-state index contributed by atoms with van der Waals surface area (Å²) in [5.41, 5.74) is 9.82. The first-order chi connectivity index (χ1) is 13.2. The SMILES string of the molecule is CC1=c2ccccc2=c2ccc3c(c2C1)C(N)C(=O)CC=3.Cl.c1cnncn1. The van der Waals surface area contributed by atoms with E-state index >= 15 is 0 Å². The lowest BCUT2D eigenvalue weighted by Gasteiger charge is -2.22. The van der Waals surface area contributed by atoms with Gasteiger partial charge >= 0.3 is 0 Å². The van der Waals surface area contributed by atoms with Crippen LogP contribution in [0.4, 0.5) is 0 Å². The van der Waals surface area contributed by atoms with Gasteiger partial charge in [-0.1, -0.05) is 48.0 Å². The maximum absolute atomic E-state index is 12.0. The Morgan fingerprint density at radius 3 is 2.43 bits per heavy atom. The highest BCUT2D eigenvalue weighted by atomic mass is 35.5. The molecule has 142 valence electrons. The highest BCUT2D eigenvalue weighted by molar-refractivity contribution is 5.91. The highest BCUT2D eigenvalue weighted by Crippen LogP contribution is 2.23. The van der Waals surface area contributed by atoms with E-state index in [1.54, 1.807) is 6.20 Å². The molecule has 0 radical (unpaired) electrons. The number of ketones is 1. The Kier molecular flexibility index (Phi) is 5.97. The Bertz CT molecular complexity index is 1200. The van der Waals surface area contributed by atoms with Crippen LogP contribution in [0.5, 0.6) is 0 Å². The molecule has 28 heavy (non-hydrogen) atoms. The molecule has 5 rings (SSSR count). The molecule has 0 saturated carbocycles. The summed E-state index contributed by atoms with van der Waals surface area (Å²) < 4.78 is 0. The van der Waals surface area contributed by atoms with E-state index in [0.29, 0.717) is 6.42 Å². The summed E-state index contributed by atoms with van der Waals surface area (Å²) >= 11 is 0. The smallest absolute Gasteiger partial charge is 0.157 e. The van der Waals surface area contributed by atoms with Crippen LogP contribution < -0.4 is 16.2 Å². The number of carbonyl (C=O) groups is 1. The van der Waals surface area contributed by atoms with Crippen molar-refractivity contribution in [2.24, 2.45) is 5.73 Å². The Labute approximate surface area is 168 Å². The molecule has 0 amide bonds. The second-order valence-electron chi connectivity index (χ2n) is 6.74. The Morgan fingerprint density at radius 1 is 1.00 bits per heavy atom. The van der Waals surface area contributed by atoms with Gasteiger partial charge in [-0.2, -0.15) is 5.10 Å². The third-order valence-electron chi connectivity index (χ3n) is 5.10. The van der Waals surface area contributed by atoms with Crippen molar-refractivity contribution in [3.63, 3.8) is 0 Å². The summed E-state index contributed by atoms with van der Waals surface area (Å²) in [6.45, 7) is 2.17. The van der Waals surface area contributed by atoms with E-state index < -0.39 is 6.04 Å². The fourth-order valence-corrected chi connectivity index (χ4v) is 3.82. The van der Waals surface area contributed by atoms with Gasteiger partial charge in [0.1, 0.15) is 6.33 Å². The van der Waals surface area contributed by atoms with E-state index in [9.17, 15) is 4.79 Å². The molecule has 0 fully saturated rings. The van der Waals surface area contributed by atoms with Crippen molar-refractivity contribution < 1.29 is 4.79 Å². The molecule has 5 nitrogen and oxygen atoms in total. The molecule has 0 bridgehead atoms. The van der Waals surface area contributed by atoms with Gasteiger partial charge in [-0.15, -0.1) is 17.5 Å². The van der Waals surface area contributed by atoms with E-state index in [2.05, 4.69) is 58.5 Å². The highest BCUT2D eigenvalue weighted by Gasteiger charge is 2.24. The van der Waals surface area contributed by atoms with E-state index in [1.165, 1.54) is 39.3 Å². The number of Topliss-reactive ketones (excluding diaryl/α,β-unsaturated/α-hetero) is 1. The number of rotatable bonds is 0. The monoisotopic (exact) mass is 392 g/mol. The molecule has 1 aromatic heterocycles. The number of halogens is 1. The number of nitrogens with zero attached hydrogens (tertiary/aromatic N) is 3. The number of fused-ring (bicyclic) bond motifs is 4. The topological polar surface area (TPSA) is 81.8 Å². The van der Waals surface area contributed by atoms with Gasteiger partial charge in [0.05, 0.1) is 12.2 Å². The Balaban J connectivity index is 0.000000278. The molecular weight excluding hydrogens is 372 g/mol. The molecule has 1 unspecified atom stereocenters. The van der Waals surface area contributed by atoms with Crippen molar-refractivity contribution in [3.05, 3.63) is 87.1 Å². The molecule has 0 aliphatic heterocycles. The van der Waals surface area contributed by atoms with Gasteiger partial charge in [-0.05, 0) is 45.3 Å². The Morgan fingerprint density at radius 2 is 1.79 bits per heavy atom. The standard InChI is InChI=1S/C19H17NO.C3H3N3.ClH/c1-11-10-16-15(14-5-3-2-4-13(11)14)8-6-12-7-9-17(21)19(20)18(12)16;1-2-5-6-3-4-1;/h2-8,19H,9-10,20H2,1H3;1-3H;1H. The summed E-state index contributed by atoms with van der Waals surface area (Å²) in [5.74, 6) is 0.118. The predicted octanol–water partition coefficient (Wildman–Crippen LogP) is 1.75. The van der Waals surface area contributed by atoms with Crippen LogP contribution in [0.1, 0.15) is 30.5 Å². The normalized spacial score (nSPS) is 16.3. The zero-order valence-electron chi connectivity index (χ0n) is 15.5. The van der Waals surface area contributed by atoms with Crippen LogP contribution in [0.25, 0.3) is 11.6 Å². The lowest BCUT2D eigenvalue weighted by atomic mass is 9.84. The second kappa shape index (κ2) is 8.42. The van der Waals surface area contributed by atoms with Crippen LogP contribution in [0, 0.1) is 10.4 Å². The molecule has 1 atom stereocenters. The first-order valence-corrected chi connectivity index (χ1v) is 8.93. The van der Waals surface area contributed by atoms with E-state index in [4.69, 9.17) is 5.73 Å². The zero-order valence-corrected chi connectivity index (χ0v) is 16.3. The molecule has 0 spiro atoms. The van der Waals surface area contributed by atoms with Crippen LogP contribution in [-0.2, 0) is 11.2 Å². The van der Waals surface area contributed by atoms with E-state index in [0.717, 1.165) is 17.2 Å². The summed E-state index contributed by atoms with van der Waals surface area (Å²) in [6.07, 6.45) is 7.83. The molecule has 6 heteroatoms. The molecule has 2 aliphatic rings. The molecule has 2 aliphatic carbocycles. The number of benzene rings is 2. The van der Waals surface area contributed by atoms with Gasteiger partial charge in [0, 0.05) is 12.6 Å². The van der Waals surface area contributed by atoms with Gasteiger partial charge in [-0.3, -0.25) is 4.79 Å². The predicted molar refractivity (Wildman–Crippen MR) is 111 cm³/mol. The van der Waals surface area contributed by atoms with Crippen LogP contribution in [0.15, 0.2) is 55.1 Å². The number of nitrogens with two attached hydrogens (primary N) is 1. The number of aromatic nitrogens is 3. The van der Waals surface area contributed by atoms with Crippen LogP contribution in [0.2, 0.25) is 0 Å². The van der Waals surface area contributed by atoms with Crippen molar-refractivity contribution in [2.45, 2.75) is 25.8 Å². The molecule has 2 aromatic carbocycles. The molecule has 0 saturated heterocycles. The van der Waals surface area contributed by atoms with Crippen LogP contribution >= 0.6 is 12.4 Å². The van der Waals surface area contributed by atoms with E-state index in [1.807, 2.05) is 6.08 Å². The molecular formula is C22H21ClN4O. The molecule has 1 heterocycles. The zero-order chi connectivity index (χ0) is 18.8. The lowest BCUT2D eigenvalue weighted by molar-refractivity contribution is -0.119. The van der Waals surface area contributed by atoms with Crippen LogP contribution in [-0.4, -0.2) is 21.0 Å². The van der Waals surface area contributed by atoms with Gasteiger partial charge in [0.2, 0.25) is 0 Å². The van der Waals surface area contributed by atoms with Crippen LogP contribution in [0.3, 0.4) is 0 Å². The Hall–Kier alpha value is -2.89. The lowest BCUT2D eigenvalue weighted by Crippen LogP contribution is -2.33. The maximum atomic E-state index is 12.0. The largest absolute Gasteiger partial charge is 0.318 e. The van der Waals surface area contributed by atoms with Crippen molar-refractivity contribution in [3.8, 4) is 0 Å². The van der Waals surface area contributed by atoms with Crippen molar-refractivity contribution in [1.29, 1.82) is 0 Å². The minimum absolute atomic E-state index is 0. The number of hydrogen-bond acceptors (Lipinski definition) is 5. The summed E-state index contributed by atoms with van der Waals surface area (Å²) in [6, 6.07) is 12.3. The van der Waals surface area contributed by atoms with Gasteiger partial charge in [0.25, 0.3) is 0 Å². The van der Waals surface area contributed by atoms with Crippen molar-refractivity contribution >= 4 is 29.8 Å². The van der Waals surface area contributed by atoms with Crippen molar-refractivity contribution in [1.82, 2.24) is 15.2 Å². The molecule has 3 aromatic rings. The summed E-state index contributed by atoms with van der Waals surface area (Å²) in [4.78, 5) is 15.6. The third kappa shape index (κ3) is 3.59. The first-order valence-electron chi connectivity index (χ1n) is 8.93. The number of carbonyl (C=O) groups excluding carboxylic acids is 1. The van der Waals surface area contributed by atoms with E-state index in [-0.39, 0.29) is 18.2 Å². The summed E-state index contributed by atoms with van der Waals surface area (Å²) in [7, 11) is 0. The van der Waals surface area contributed by atoms with Gasteiger partial charge < -0.3 is 5.73 Å². The second-order valence-corrected chi connectivity index (χ2v) is 6.74. The minimum Gasteiger partial charge on any atom is -0.318 e. The third-order valence-corrected chi connectivity index (χ3v) is 5.10. The maximum Gasteiger partial charge on any atom is 0.157 e. The van der Waals surface area contributed by atoms with Gasteiger partial charge in [-0.25, -0.2) is 4.98 Å². The van der Waals surface area contributed by atoms with Gasteiger partial charge in [0.15, 0.2) is 5.78 Å². The van der Waals surface area contributed by atoms with Crippen molar-refractivity contribution in [2.75, 3.05) is 0 Å². The fourth-order valence-electron chi connectivity index (χ4n) is 3.82. The average Bonchev–Trinajstić information content (AvgIpc) is 2.72. The first kappa shape index (κ1) is 19.9.